The van der Waals surface area contributed by atoms with Crippen molar-refractivity contribution in [2.75, 3.05) is 0 Å². The van der Waals surface area contributed by atoms with E-state index in [0.717, 1.165) is 0 Å². The number of carboxylic acids is 1. The summed E-state index contributed by atoms with van der Waals surface area (Å²) in [7, 11) is 0. The fourth-order valence-electron chi connectivity index (χ4n) is 2.14. The Labute approximate surface area is 133 Å². The number of carbonyl (C=O) groups is 2. The van der Waals surface area contributed by atoms with Crippen molar-refractivity contribution >= 4 is 24.3 Å². The van der Waals surface area contributed by atoms with E-state index >= 15 is 0 Å². The highest BCUT2D eigenvalue weighted by Gasteiger charge is 2.26. The zero-order valence-corrected chi connectivity index (χ0v) is 13.4. The van der Waals surface area contributed by atoms with Crippen LogP contribution in [0.4, 0.5) is 0 Å². The van der Waals surface area contributed by atoms with Crippen molar-refractivity contribution in [2.24, 2.45) is 0 Å². The molecule has 0 saturated carbocycles. The lowest BCUT2D eigenvalue weighted by Crippen LogP contribution is -2.27. The van der Waals surface area contributed by atoms with Crippen LogP contribution in [0.5, 0.6) is 0 Å². The summed E-state index contributed by atoms with van der Waals surface area (Å²) < 4.78 is 10.3. The zero-order chi connectivity index (χ0) is 15.7. The highest BCUT2D eigenvalue weighted by Crippen LogP contribution is 2.22. The van der Waals surface area contributed by atoms with Crippen LogP contribution in [-0.2, 0) is 0 Å². The van der Waals surface area contributed by atoms with E-state index in [4.69, 9.17) is 14.0 Å². The number of aryl methyl sites for hydroxylation is 3. The van der Waals surface area contributed by atoms with E-state index in [1.165, 1.54) is 6.92 Å². The number of aromatic nitrogens is 1. The van der Waals surface area contributed by atoms with Gasteiger partial charge in [-0.2, -0.15) is 0 Å². The molecule has 0 aliphatic heterocycles. The van der Waals surface area contributed by atoms with Gasteiger partial charge >= 0.3 is 5.97 Å². The van der Waals surface area contributed by atoms with Gasteiger partial charge in [0.05, 0.1) is 17.3 Å². The summed E-state index contributed by atoms with van der Waals surface area (Å²) in [6, 6.07) is 1.00. The van der Waals surface area contributed by atoms with E-state index < -0.39 is 12.0 Å². The highest BCUT2D eigenvalue weighted by molar-refractivity contribution is 5.96. The molecule has 0 aliphatic carbocycles. The molecule has 0 unspecified atom stereocenters. The van der Waals surface area contributed by atoms with Gasteiger partial charge in [-0.15, -0.1) is 12.4 Å². The molecular formula is C14H17ClN2O5. The summed E-state index contributed by atoms with van der Waals surface area (Å²) in [6.45, 7) is 6.60. The monoisotopic (exact) mass is 328 g/mol. The summed E-state index contributed by atoms with van der Waals surface area (Å²) in [5.41, 5.74) is 0.657. The van der Waals surface area contributed by atoms with Crippen LogP contribution < -0.4 is 5.32 Å². The maximum Gasteiger partial charge on any atom is 0.341 e. The number of nitrogens with one attached hydrogen (secondary N) is 1. The molecule has 7 nitrogen and oxygen atoms in total. The summed E-state index contributed by atoms with van der Waals surface area (Å²) in [6.07, 6.45) is 0. The van der Waals surface area contributed by atoms with Crippen molar-refractivity contribution in [2.45, 2.75) is 33.7 Å². The molecule has 0 radical (unpaired) electrons. The van der Waals surface area contributed by atoms with Crippen molar-refractivity contribution < 1.29 is 23.6 Å². The molecule has 0 bridgehead atoms. The average molecular weight is 329 g/mol. The first-order valence-electron chi connectivity index (χ1n) is 6.38. The summed E-state index contributed by atoms with van der Waals surface area (Å²) in [5, 5.41) is 15.5. The van der Waals surface area contributed by atoms with Gasteiger partial charge in [-0.05, 0) is 33.8 Å². The smallest absolute Gasteiger partial charge is 0.341 e. The van der Waals surface area contributed by atoms with Crippen molar-refractivity contribution in [3.05, 3.63) is 40.2 Å². The Morgan fingerprint density at radius 3 is 2.45 bits per heavy atom. The maximum absolute atomic E-state index is 12.2. The Hall–Kier alpha value is -2.28. The predicted octanol–water partition coefficient (Wildman–Crippen LogP) is 2.80. The van der Waals surface area contributed by atoms with Gasteiger partial charge in [-0.25, -0.2) is 4.79 Å². The van der Waals surface area contributed by atoms with Crippen LogP contribution in [0.2, 0.25) is 0 Å². The minimum absolute atomic E-state index is 0. The molecule has 2 heterocycles. The number of nitrogens with zero attached hydrogens (tertiary/aromatic N) is 1. The molecule has 22 heavy (non-hydrogen) atoms. The number of aromatic carboxylic acids is 1. The van der Waals surface area contributed by atoms with E-state index in [-0.39, 0.29) is 35.3 Å². The fraction of sp³-hybridized carbons (Fsp3) is 0.357. The number of hydrogen-bond acceptors (Lipinski definition) is 5. The van der Waals surface area contributed by atoms with Crippen LogP contribution in [-0.4, -0.2) is 22.1 Å². The standard InChI is InChI=1S/C14H16N2O5.ClH/c1-6-5-10(9(4)20-6)13(17)15-8(3)12-11(14(18)19)7(2)16-21-12;/h5,8H,1-4H3,(H,15,17)(H,18,19);1H/t8-;/m1./s1. The SMILES string of the molecule is Cc1cc(C(=O)N[C@H](C)c2onc(C)c2C(=O)O)c(C)o1.Cl. The van der Waals surface area contributed by atoms with Crippen LogP contribution in [0.3, 0.4) is 0 Å². The molecule has 0 saturated heterocycles. The number of hydrogen-bond donors (Lipinski definition) is 2. The molecule has 120 valence electrons. The van der Waals surface area contributed by atoms with Gasteiger partial charge in [-0.3, -0.25) is 4.79 Å². The van der Waals surface area contributed by atoms with E-state index in [9.17, 15) is 9.59 Å². The molecule has 2 rings (SSSR count). The molecule has 2 N–H and O–H groups in total. The second-order valence-electron chi connectivity index (χ2n) is 4.83. The zero-order valence-electron chi connectivity index (χ0n) is 12.6. The fourth-order valence-corrected chi connectivity index (χ4v) is 2.14. The third-order valence-electron chi connectivity index (χ3n) is 3.13. The van der Waals surface area contributed by atoms with Crippen molar-refractivity contribution in [1.29, 1.82) is 0 Å². The Morgan fingerprint density at radius 2 is 1.95 bits per heavy atom. The molecule has 1 atom stereocenters. The number of rotatable bonds is 4. The normalized spacial score (nSPS) is 11.6. The molecule has 2 aromatic rings. The van der Waals surface area contributed by atoms with Gasteiger partial charge in [0, 0.05) is 0 Å². The van der Waals surface area contributed by atoms with E-state index in [1.807, 2.05) is 0 Å². The van der Waals surface area contributed by atoms with Gasteiger partial charge in [-0.1, -0.05) is 5.16 Å². The van der Waals surface area contributed by atoms with Crippen LogP contribution in [0.15, 0.2) is 15.0 Å². The van der Waals surface area contributed by atoms with Crippen molar-refractivity contribution in [3.63, 3.8) is 0 Å². The van der Waals surface area contributed by atoms with E-state index in [1.54, 1.807) is 26.8 Å². The third kappa shape index (κ3) is 3.30. The molecule has 1 amide bonds. The molecule has 0 aromatic carbocycles. The number of carbonyl (C=O) groups excluding carboxylic acids is 1. The van der Waals surface area contributed by atoms with Gasteiger partial charge < -0.3 is 19.4 Å². The lowest BCUT2D eigenvalue weighted by molar-refractivity contribution is 0.0690. The Morgan fingerprint density at radius 1 is 1.32 bits per heavy atom. The van der Waals surface area contributed by atoms with Crippen molar-refractivity contribution in [1.82, 2.24) is 10.5 Å². The number of furan rings is 1. The highest BCUT2D eigenvalue weighted by atomic mass is 35.5. The Balaban J connectivity index is 0.00000242. The Kier molecular flexibility index (Phi) is 5.38. The largest absolute Gasteiger partial charge is 0.477 e. The van der Waals surface area contributed by atoms with E-state index in [0.29, 0.717) is 17.1 Å². The Bertz CT molecular complexity index is 704. The lowest BCUT2D eigenvalue weighted by Gasteiger charge is -2.11. The molecule has 8 heteroatoms. The molecule has 2 aromatic heterocycles. The second-order valence-corrected chi connectivity index (χ2v) is 4.83. The topological polar surface area (TPSA) is 106 Å². The number of carboxylic acid groups (broad SMARTS) is 1. The number of halogens is 1. The average Bonchev–Trinajstić information content (AvgIpc) is 2.92. The summed E-state index contributed by atoms with van der Waals surface area (Å²) in [5.74, 6) is -0.245. The molecular weight excluding hydrogens is 312 g/mol. The first-order chi connectivity index (χ1) is 9.81. The first kappa shape index (κ1) is 17.8. The van der Waals surface area contributed by atoms with Crippen LogP contribution >= 0.6 is 12.4 Å². The van der Waals surface area contributed by atoms with Gasteiger partial charge in [0.2, 0.25) is 0 Å². The minimum Gasteiger partial charge on any atom is -0.477 e. The quantitative estimate of drug-likeness (QED) is 0.894. The first-order valence-corrected chi connectivity index (χ1v) is 6.38. The molecule has 0 fully saturated rings. The predicted molar refractivity (Wildman–Crippen MR) is 79.5 cm³/mol. The van der Waals surface area contributed by atoms with Gasteiger partial charge in [0.25, 0.3) is 5.91 Å². The maximum atomic E-state index is 12.2. The van der Waals surface area contributed by atoms with Crippen LogP contribution in [0.1, 0.15) is 56.7 Å². The summed E-state index contributed by atoms with van der Waals surface area (Å²) >= 11 is 0. The molecule has 0 aliphatic rings. The van der Waals surface area contributed by atoms with Crippen LogP contribution in [0.25, 0.3) is 0 Å². The third-order valence-corrected chi connectivity index (χ3v) is 3.13. The molecule has 0 spiro atoms. The lowest BCUT2D eigenvalue weighted by atomic mass is 10.1. The van der Waals surface area contributed by atoms with Gasteiger partial charge in [0.15, 0.2) is 5.76 Å². The van der Waals surface area contributed by atoms with Crippen LogP contribution in [0, 0.1) is 20.8 Å². The number of amides is 1. The van der Waals surface area contributed by atoms with Crippen molar-refractivity contribution in [3.8, 4) is 0 Å². The van der Waals surface area contributed by atoms with E-state index in [2.05, 4.69) is 10.5 Å². The minimum atomic E-state index is -1.14. The van der Waals surface area contributed by atoms with Gasteiger partial charge in [0.1, 0.15) is 17.1 Å². The summed E-state index contributed by atoms with van der Waals surface area (Å²) in [4.78, 5) is 23.4. The second kappa shape index (κ2) is 6.65.